The van der Waals surface area contributed by atoms with Crippen molar-refractivity contribution in [3.63, 3.8) is 0 Å². The average Bonchev–Trinajstić information content (AvgIpc) is 2.94. The van der Waals surface area contributed by atoms with E-state index in [1.54, 1.807) is 6.07 Å². The van der Waals surface area contributed by atoms with E-state index in [-0.39, 0.29) is 11.3 Å². The van der Waals surface area contributed by atoms with Gasteiger partial charge in [-0.15, -0.1) is 0 Å². The van der Waals surface area contributed by atoms with Crippen LogP contribution in [0.15, 0.2) is 48.5 Å². The fourth-order valence-electron chi connectivity index (χ4n) is 3.74. The van der Waals surface area contributed by atoms with E-state index < -0.39 is 17.3 Å². The van der Waals surface area contributed by atoms with Crippen LogP contribution >= 0.6 is 45.2 Å². The maximum atomic E-state index is 12.8. The number of carbonyl (C=O) groups excluding carboxylic acids is 1. The van der Waals surface area contributed by atoms with Gasteiger partial charge >= 0.3 is 5.97 Å². The van der Waals surface area contributed by atoms with E-state index in [2.05, 4.69) is 45.2 Å². The SMILES string of the molecule is O=C1OC2(c3cc(I)ccc3Oc3c(I)cccc32)c2ccc(O)c(O)c21. The molecular weight excluding hydrogens is 574 g/mol. The Morgan fingerprint density at radius 3 is 2.56 bits per heavy atom. The Morgan fingerprint density at radius 1 is 0.926 bits per heavy atom. The number of hydrogen-bond donors (Lipinski definition) is 2. The molecule has 2 aliphatic rings. The molecule has 0 radical (unpaired) electrons. The summed E-state index contributed by atoms with van der Waals surface area (Å²) in [6, 6.07) is 14.3. The van der Waals surface area contributed by atoms with E-state index in [9.17, 15) is 15.0 Å². The van der Waals surface area contributed by atoms with Crippen molar-refractivity contribution < 1.29 is 24.5 Å². The van der Waals surface area contributed by atoms with E-state index >= 15 is 0 Å². The van der Waals surface area contributed by atoms with Gasteiger partial charge < -0.3 is 19.7 Å². The quantitative estimate of drug-likeness (QED) is 0.224. The number of para-hydroxylation sites is 1. The maximum absolute atomic E-state index is 12.8. The second-order valence-electron chi connectivity index (χ2n) is 6.29. The van der Waals surface area contributed by atoms with Crippen LogP contribution in [0.25, 0.3) is 0 Å². The third kappa shape index (κ3) is 2.18. The molecule has 0 bridgehead atoms. The Bertz CT molecular complexity index is 1150. The number of phenols is 2. The van der Waals surface area contributed by atoms with Crippen LogP contribution in [0.3, 0.4) is 0 Å². The standard InChI is InChI=1S/C20H10I2O5/c21-9-4-7-15-12(8-9)20(11-2-1-3-13(22)18(11)26-15)10-5-6-14(23)17(24)16(10)19(25)27-20/h1-8,23-24H. The Kier molecular flexibility index (Phi) is 3.64. The monoisotopic (exact) mass is 584 g/mol. The molecular formula is C20H10I2O5. The summed E-state index contributed by atoms with van der Waals surface area (Å²) in [5, 5.41) is 20.2. The number of esters is 1. The lowest BCUT2D eigenvalue weighted by molar-refractivity contribution is 0.0222. The summed E-state index contributed by atoms with van der Waals surface area (Å²) in [7, 11) is 0. The minimum atomic E-state index is -1.25. The van der Waals surface area contributed by atoms with Crippen molar-refractivity contribution in [3.8, 4) is 23.0 Å². The van der Waals surface area contributed by atoms with Gasteiger partial charge in [-0.2, -0.15) is 0 Å². The summed E-state index contributed by atoms with van der Waals surface area (Å²) < 4.78 is 13.9. The first kappa shape index (κ1) is 17.1. The number of halogens is 2. The van der Waals surface area contributed by atoms with Crippen LogP contribution in [0.1, 0.15) is 27.0 Å². The number of phenolic OH excluding ortho intramolecular Hbond substituents is 2. The number of carbonyl (C=O) groups is 1. The van der Waals surface area contributed by atoms with E-state index in [1.807, 2.05) is 36.4 Å². The fraction of sp³-hybridized carbons (Fsp3) is 0.0500. The van der Waals surface area contributed by atoms with Gasteiger partial charge in [-0.05, 0) is 81.6 Å². The number of ether oxygens (including phenoxy) is 2. The van der Waals surface area contributed by atoms with Gasteiger partial charge in [0.2, 0.25) is 0 Å². The maximum Gasteiger partial charge on any atom is 0.344 e. The molecule has 2 heterocycles. The van der Waals surface area contributed by atoms with Crippen molar-refractivity contribution in [2.45, 2.75) is 5.60 Å². The van der Waals surface area contributed by atoms with E-state index in [1.165, 1.54) is 6.07 Å². The molecule has 5 rings (SSSR count). The number of benzene rings is 3. The number of aromatic hydroxyl groups is 2. The number of hydrogen-bond acceptors (Lipinski definition) is 5. The van der Waals surface area contributed by atoms with Crippen molar-refractivity contribution in [1.82, 2.24) is 0 Å². The summed E-state index contributed by atoms with van der Waals surface area (Å²) in [5.41, 5.74) is 0.578. The predicted octanol–water partition coefficient (Wildman–Crippen LogP) is 4.88. The van der Waals surface area contributed by atoms with Crippen LogP contribution in [0.2, 0.25) is 0 Å². The molecule has 3 aromatic rings. The lowest BCUT2D eigenvalue weighted by atomic mass is 9.77. The molecule has 0 fully saturated rings. The molecule has 0 aromatic heterocycles. The van der Waals surface area contributed by atoms with Crippen molar-refractivity contribution in [1.29, 1.82) is 0 Å². The summed E-state index contributed by atoms with van der Waals surface area (Å²) in [4.78, 5) is 12.8. The summed E-state index contributed by atoms with van der Waals surface area (Å²) in [5.74, 6) is -0.323. The molecule has 134 valence electrons. The number of rotatable bonds is 0. The zero-order valence-electron chi connectivity index (χ0n) is 13.5. The fourth-order valence-corrected chi connectivity index (χ4v) is 4.84. The topological polar surface area (TPSA) is 76.0 Å². The summed E-state index contributed by atoms with van der Waals surface area (Å²) in [6.07, 6.45) is 0. The van der Waals surface area contributed by atoms with Gasteiger partial charge in [0.1, 0.15) is 17.1 Å². The van der Waals surface area contributed by atoms with Gasteiger partial charge in [0.05, 0.1) is 3.57 Å². The third-order valence-corrected chi connectivity index (χ3v) is 6.39. The largest absolute Gasteiger partial charge is 0.504 e. The van der Waals surface area contributed by atoms with Crippen molar-refractivity contribution in [2.24, 2.45) is 0 Å². The van der Waals surface area contributed by atoms with Crippen LogP contribution in [0.4, 0.5) is 0 Å². The zero-order valence-corrected chi connectivity index (χ0v) is 17.8. The first-order valence-electron chi connectivity index (χ1n) is 7.99. The second-order valence-corrected chi connectivity index (χ2v) is 8.69. The first-order chi connectivity index (χ1) is 12.9. The van der Waals surface area contributed by atoms with Gasteiger partial charge in [-0.25, -0.2) is 4.79 Å². The molecule has 0 aliphatic carbocycles. The van der Waals surface area contributed by atoms with Crippen LogP contribution in [0, 0.1) is 7.14 Å². The lowest BCUT2D eigenvalue weighted by Gasteiger charge is -2.37. The van der Waals surface area contributed by atoms with Crippen molar-refractivity contribution >= 4 is 51.2 Å². The lowest BCUT2D eigenvalue weighted by Crippen LogP contribution is -2.33. The highest BCUT2D eigenvalue weighted by Gasteiger charge is 2.55. The minimum Gasteiger partial charge on any atom is -0.504 e. The predicted molar refractivity (Wildman–Crippen MR) is 113 cm³/mol. The summed E-state index contributed by atoms with van der Waals surface area (Å²) in [6.45, 7) is 0. The van der Waals surface area contributed by atoms with E-state index in [4.69, 9.17) is 9.47 Å². The van der Waals surface area contributed by atoms with Crippen LogP contribution < -0.4 is 4.74 Å². The van der Waals surface area contributed by atoms with Crippen LogP contribution in [0.5, 0.6) is 23.0 Å². The molecule has 0 saturated carbocycles. The molecule has 2 aliphatic heterocycles. The zero-order chi connectivity index (χ0) is 18.9. The highest BCUT2D eigenvalue weighted by atomic mass is 127. The molecule has 7 heteroatoms. The van der Waals surface area contributed by atoms with Gasteiger partial charge in [0, 0.05) is 20.3 Å². The van der Waals surface area contributed by atoms with Gasteiger partial charge in [0.15, 0.2) is 17.1 Å². The normalized spacial score (nSPS) is 19.1. The minimum absolute atomic E-state index is 0.0217. The second kappa shape index (κ2) is 5.74. The van der Waals surface area contributed by atoms with Crippen molar-refractivity contribution in [3.05, 3.63) is 77.9 Å². The summed E-state index contributed by atoms with van der Waals surface area (Å²) >= 11 is 4.37. The van der Waals surface area contributed by atoms with E-state index in [0.717, 1.165) is 7.14 Å². The molecule has 27 heavy (non-hydrogen) atoms. The van der Waals surface area contributed by atoms with Gasteiger partial charge in [-0.1, -0.05) is 12.1 Å². The Morgan fingerprint density at radius 2 is 1.74 bits per heavy atom. The van der Waals surface area contributed by atoms with E-state index in [0.29, 0.717) is 28.2 Å². The smallest absolute Gasteiger partial charge is 0.344 e. The Hall–Kier alpha value is -2.01. The number of fused-ring (bicyclic) bond motifs is 6. The molecule has 1 atom stereocenters. The molecule has 1 unspecified atom stereocenters. The third-order valence-electron chi connectivity index (χ3n) is 4.87. The molecule has 1 spiro atoms. The van der Waals surface area contributed by atoms with Gasteiger partial charge in [-0.3, -0.25) is 0 Å². The molecule has 0 amide bonds. The first-order valence-corrected chi connectivity index (χ1v) is 10.1. The highest BCUT2D eigenvalue weighted by molar-refractivity contribution is 14.1. The van der Waals surface area contributed by atoms with Crippen LogP contribution in [-0.4, -0.2) is 16.2 Å². The van der Waals surface area contributed by atoms with Gasteiger partial charge in [0.25, 0.3) is 0 Å². The Balaban J connectivity index is 1.95. The average molecular weight is 584 g/mol. The molecule has 5 nitrogen and oxygen atoms in total. The van der Waals surface area contributed by atoms with Crippen molar-refractivity contribution in [2.75, 3.05) is 0 Å². The highest BCUT2D eigenvalue weighted by Crippen LogP contribution is 2.58. The molecule has 3 aromatic carbocycles. The Labute approximate surface area is 181 Å². The molecule has 0 saturated heterocycles. The van der Waals surface area contributed by atoms with Crippen LogP contribution in [-0.2, 0) is 10.3 Å². The molecule has 2 N–H and O–H groups in total.